The van der Waals surface area contributed by atoms with Crippen LogP contribution in [0.4, 0.5) is 13.2 Å². The number of nitrogens with two attached hydrogens (primary N) is 1. The molecular weight excluding hydrogens is 247 g/mol. The van der Waals surface area contributed by atoms with Gasteiger partial charge in [-0.3, -0.25) is 0 Å². The molecular formula is C12H14F3NO2. The van der Waals surface area contributed by atoms with E-state index in [0.717, 1.165) is 12.1 Å². The summed E-state index contributed by atoms with van der Waals surface area (Å²) < 4.78 is 43.2. The number of hydrogen-bond acceptors (Lipinski definition) is 3. The summed E-state index contributed by atoms with van der Waals surface area (Å²) in [6.45, 7) is 3.27. The Morgan fingerprint density at radius 3 is 2.50 bits per heavy atom. The molecule has 1 aromatic rings. The Morgan fingerprint density at radius 2 is 1.94 bits per heavy atom. The molecule has 1 aliphatic rings. The molecule has 0 aliphatic carbocycles. The summed E-state index contributed by atoms with van der Waals surface area (Å²) in [6, 6.07) is 2.22. The van der Waals surface area contributed by atoms with Crippen LogP contribution in [0.2, 0.25) is 0 Å². The lowest BCUT2D eigenvalue weighted by Crippen LogP contribution is -2.51. The highest BCUT2D eigenvalue weighted by Crippen LogP contribution is 2.41. The third-order valence-corrected chi connectivity index (χ3v) is 3.12. The first-order chi connectivity index (χ1) is 8.13. The average molecular weight is 261 g/mol. The Bertz CT molecular complexity index is 471. The van der Waals surface area contributed by atoms with Crippen molar-refractivity contribution in [2.24, 2.45) is 5.73 Å². The predicted octanol–water partition coefficient (Wildman–Crippen LogP) is 2.24. The number of hydrogen-bond donors (Lipinski definition) is 2. The third-order valence-electron chi connectivity index (χ3n) is 3.12. The molecule has 6 heteroatoms. The van der Waals surface area contributed by atoms with Crippen LogP contribution in [0.25, 0.3) is 0 Å². The van der Waals surface area contributed by atoms with Crippen molar-refractivity contribution < 1.29 is 23.0 Å². The lowest BCUT2D eigenvalue weighted by atomic mass is 9.86. The van der Waals surface area contributed by atoms with Crippen LogP contribution < -0.4 is 10.5 Å². The van der Waals surface area contributed by atoms with E-state index in [1.54, 1.807) is 13.8 Å². The van der Waals surface area contributed by atoms with Gasteiger partial charge in [-0.15, -0.1) is 0 Å². The molecule has 0 spiro atoms. The maximum Gasteiger partial charge on any atom is 0.416 e. The molecule has 0 bridgehead atoms. The van der Waals surface area contributed by atoms with Gasteiger partial charge in [0, 0.05) is 5.56 Å². The number of halogens is 3. The molecule has 18 heavy (non-hydrogen) atoms. The fraction of sp³-hybridized carbons (Fsp3) is 0.500. The van der Waals surface area contributed by atoms with Gasteiger partial charge in [-0.25, -0.2) is 0 Å². The monoisotopic (exact) mass is 261 g/mol. The van der Waals surface area contributed by atoms with Crippen LogP contribution >= 0.6 is 0 Å². The molecule has 1 aromatic carbocycles. The molecule has 3 nitrogen and oxygen atoms in total. The van der Waals surface area contributed by atoms with Crippen LogP contribution in [0, 0.1) is 0 Å². The van der Waals surface area contributed by atoms with E-state index in [2.05, 4.69) is 0 Å². The summed E-state index contributed by atoms with van der Waals surface area (Å²) in [5, 5.41) is 9.91. The van der Waals surface area contributed by atoms with E-state index < -0.39 is 29.5 Å². The van der Waals surface area contributed by atoms with E-state index in [-0.39, 0.29) is 11.3 Å². The van der Waals surface area contributed by atoms with E-state index in [0.29, 0.717) is 0 Å². The van der Waals surface area contributed by atoms with Crippen molar-refractivity contribution in [1.82, 2.24) is 0 Å². The van der Waals surface area contributed by atoms with E-state index in [9.17, 15) is 18.3 Å². The molecule has 0 saturated heterocycles. The van der Waals surface area contributed by atoms with Crippen molar-refractivity contribution in [3.63, 3.8) is 0 Å². The zero-order valence-electron chi connectivity index (χ0n) is 9.95. The van der Waals surface area contributed by atoms with Crippen LogP contribution in [0.1, 0.15) is 31.0 Å². The maximum atomic E-state index is 12.6. The van der Waals surface area contributed by atoms with Crippen LogP contribution in [-0.4, -0.2) is 16.8 Å². The van der Waals surface area contributed by atoms with E-state index in [4.69, 9.17) is 10.5 Å². The minimum atomic E-state index is -4.44. The first-order valence-corrected chi connectivity index (χ1v) is 5.47. The van der Waals surface area contributed by atoms with Crippen molar-refractivity contribution in [2.45, 2.75) is 37.8 Å². The molecule has 0 saturated carbocycles. The van der Waals surface area contributed by atoms with Gasteiger partial charge in [-0.2, -0.15) is 13.2 Å². The normalized spacial score (nSPS) is 26.4. The number of alkyl halides is 3. The maximum absolute atomic E-state index is 12.6. The molecule has 0 unspecified atom stereocenters. The van der Waals surface area contributed by atoms with Crippen molar-refractivity contribution in [2.75, 3.05) is 0 Å². The summed E-state index contributed by atoms with van der Waals surface area (Å²) in [5.41, 5.74) is 4.23. The van der Waals surface area contributed by atoms with Gasteiger partial charge >= 0.3 is 6.18 Å². The second-order valence-corrected chi connectivity index (χ2v) is 4.93. The summed E-state index contributed by atoms with van der Waals surface area (Å²) >= 11 is 0. The van der Waals surface area contributed by atoms with Gasteiger partial charge in [0.05, 0.1) is 11.6 Å². The standard InChI is InChI=1S/C12H14F3NO2/c1-11(2)10(17)9(16)7-5-6(12(13,14)15)3-4-8(7)18-11/h3-5,9-10,17H,16H2,1-2H3/t9-,10+/m0/s1. The first kappa shape index (κ1) is 13.2. The van der Waals surface area contributed by atoms with Crippen molar-refractivity contribution in [3.05, 3.63) is 29.3 Å². The Balaban J connectivity index is 2.49. The quantitative estimate of drug-likeness (QED) is 0.753. The van der Waals surface area contributed by atoms with Crippen LogP contribution in [0.5, 0.6) is 5.75 Å². The van der Waals surface area contributed by atoms with Crippen molar-refractivity contribution in [3.8, 4) is 5.75 Å². The average Bonchev–Trinajstić information content (AvgIpc) is 2.24. The Hall–Kier alpha value is -1.27. The SMILES string of the molecule is CC1(C)Oc2ccc(C(F)(F)F)cc2[C@H](N)[C@H]1O. The summed E-state index contributed by atoms with van der Waals surface area (Å²) in [6.07, 6.45) is -5.50. The van der Waals surface area contributed by atoms with Gasteiger partial charge in [0.2, 0.25) is 0 Å². The van der Waals surface area contributed by atoms with Gasteiger partial charge in [0.1, 0.15) is 17.5 Å². The number of fused-ring (bicyclic) bond motifs is 1. The summed E-state index contributed by atoms with van der Waals surface area (Å²) in [7, 11) is 0. The molecule has 3 N–H and O–H groups in total. The number of ether oxygens (including phenoxy) is 1. The molecule has 100 valence electrons. The highest BCUT2D eigenvalue weighted by Gasteiger charge is 2.42. The van der Waals surface area contributed by atoms with Crippen molar-refractivity contribution >= 4 is 0 Å². The molecule has 0 amide bonds. The van der Waals surface area contributed by atoms with Crippen LogP contribution in [-0.2, 0) is 6.18 Å². The smallest absolute Gasteiger partial charge is 0.416 e. The van der Waals surface area contributed by atoms with Gasteiger partial charge in [0.25, 0.3) is 0 Å². The lowest BCUT2D eigenvalue weighted by molar-refractivity contribution is -0.137. The largest absolute Gasteiger partial charge is 0.485 e. The molecule has 0 aromatic heterocycles. The Morgan fingerprint density at radius 1 is 1.33 bits per heavy atom. The Labute approximate surface area is 102 Å². The van der Waals surface area contributed by atoms with Crippen LogP contribution in [0.3, 0.4) is 0 Å². The molecule has 0 fully saturated rings. The summed E-state index contributed by atoms with van der Waals surface area (Å²) in [5.74, 6) is 0.283. The van der Waals surface area contributed by atoms with Gasteiger partial charge in [-0.1, -0.05) is 0 Å². The van der Waals surface area contributed by atoms with E-state index in [1.165, 1.54) is 6.07 Å². The van der Waals surface area contributed by atoms with Crippen molar-refractivity contribution in [1.29, 1.82) is 0 Å². The molecule has 2 atom stereocenters. The minimum Gasteiger partial charge on any atom is -0.485 e. The second kappa shape index (κ2) is 3.86. The highest BCUT2D eigenvalue weighted by molar-refractivity contribution is 5.43. The number of aliphatic hydroxyl groups excluding tert-OH is 1. The van der Waals surface area contributed by atoms with E-state index in [1.807, 2.05) is 0 Å². The fourth-order valence-corrected chi connectivity index (χ4v) is 2.02. The van der Waals surface area contributed by atoms with Gasteiger partial charge in [0.15, 0.2) is 0 Å². The zero-order chi connectivity index (χ0) is 13.7. The van der Waals surface area contributed by atoms with Gasteiger partial charge in [-0.05, 0) is 32.0 Å². The topological polar surface area (TPSA) is 55.5 Å². The van der Waals surface area contributed by atoms with Crippen LogP contribution in [0.15, 0.2) is 18.2 Å². The van der Waals surface area contributed by atoms with Gasteiger partial charge < -0.3 is 15.6 Å². The van der Waals surface area contributed by atoms with E-state index >= 15 is 0 Å². The molecule has 1 heterocycles. The predicted molar refractivity (Wildman–Crippen MR) is 59.1 cm³/mol. The lowest BCUT2D eigenvalue weighted by Gasteiger charge is -2.40. The molecule has 2 rings (SSSR count). The molecule has 0 radical (unpaired) electrons. The zero-order valence-corrected chi connectivity index (χ0v) is 9.95. The number of benzene rings is 1. The minimum absolute atomic E-state index is 0.177. The Kier molecular flexibility index (Phi) is 2.82. The third kappa shape index (κ3) is 2.06. The molecule has 1 aliphatic heterocycles. The first-order valence-electron chi connectivity index (χ1n) is 5.47. The number of rotatable bonds is 0. The summed E-state index contributed by atoms with van der Waals surface area (Å²) in [4.78, 5) is 0. The second-order valence-electron chi connectivity index (χ2n) is 4.93. The highest BCUT2D eigenvalue weighted by atomic mass is 19.4. The number of aliphatic hydroxyl groups is 1. The fourth-order valence-electron chi connectivity index (χ4n) is 2.02.